The maximum atomic E-state index is 13.3. The number of hydrogen-bond acceptors (Lipinski definition) is 3. The Morgan fingerprint density at radius 3 is 2.50 bits per heavy atom. The van der Waals surface area contributed by atoms with E-state index in [4.69, 9.17) is 5.73 Å². The molecule has 0 spiro atoms. The number of primary amides is 1. The third kappa shape index (κ3) is 5.64. The van der Waals surface area contributed by atoms with Gasteiger partial charge in [-0.3, -0.25) is 14.4 Å². The SMILES string of the molecule is CC(=O)N[C@@H](Cc1cccc(F)c1)C(=O)N[C@H](CC1CC1)C(N)=O. The molecule has 3 amide bonds. The molecule has 1 aromatic rings. The molecule has 1 aliphatic carbocycles. The van der Waals surface area contributed by atoms with E-state index in [0.29, 0.717) is 17.9 Å². The first-order chi connectivity index (χ1) is 11.3. The van der Waals surface area contributed by atoms with Crippen molar-refractivity contribution in [2.45, 2.75) is 44.7 Å². The summed E-state index contributed by atoms with van der Waals surface area (Å²) in [6, 6.07) is 4.15. The summed E-state index contributed by atoms with van der Waals surface area (Å²) >= 11 is 0. The zero-order chi connectivity index (χ0) is 17.7. The molecule has 0 aromatic heterocycles. The minimum atomic E-state index is -0.898. The number of carbonyl (C=O) groups is 3. The van der Waals surface area contributed by atoms with Crippen LogP contribution >= 0.6 is 0 Å². The van der Waals surface area contributed by atoms with Crippen molar-refractivity contribution in [1.82, 2.24) is 10.6 Å². The average molecular weight is 335 g/mol. The van der Waals surface area contributed by atoms with Crippen LogP contribution < -0.4 is 16.4 Å². The Morgan fingerprint density at radius 1 is 1.25 bits per heavy atom. The van der Waals surface area contributed by atoms with Crippen LogP contribution in [0.4, 0.5) is 4.39 Å². The smallest absolute Gasteiger partial charge is 0.243 e. The van der Waals surface area contributed by atoms with Crippen molar-refractivity contribution in [1.29, 1.82) is 0 Å². The molecule has 6 nitrogen and oxygen atoms in total. The summed E-state index contributed by atoms with van der Waals surface area (Å²) in [5.41, 5.74) is 5.92. The minimum absolute atomic E-state index is 0.123. The molecule has 24 heavy (non-hydrogen) atoms. The lowest BCUT2D eigenvalue weighted by atomic mass is 10.0. The van der Waals surface area contributed by atoms with Crippen molar-refractivity contribution in [2.24, 2.45) is 11.7 Å². The van der Waals surface area contributed by atoms with Gasteiger partial charge in [0.25, 0.3) is 0 Å². The van der Waals surface area contributed by atoms with E-state index in [1.54, 1.807) is 6.07 Å². The molecule has 1 saturated carbocycles. The van der Waals surface area contributed by atoms with E-state index < -0.39 is 29.7 Å². The van der Waals surface area contributed by atoms with Crippen molar-refractivity contribution in [3.8, 4) is 0 Å². The predicted octanol–water partition coefficient (Wildman–Crippen LogP) is 0.643. The summed E-state index contributed by atoms with van der Waals surface area (Å²) in [6.07, 6.45) is 2.68. The number of carbonyl (C=O) groups excluding carboxylic acids is 3. The van der Waals surface area contributed by atoms with Gasteiger partial charge < -0.3 is 16.4 Å². The second kappa shape index (κ2) is 7.90. The van der Waals surface area contributed by atoms with E-state index in [2.05, 4.69) is 10.6 Å². The molecule has 7 heteroatoms. The van der Waals surface area contributed by atoms with Crippen molar-refractivity contribution in [3.63, 3.8) is 0 Å². The van der Waals surface area contributed by atoms with E-state index in [0.717, 1.165) is 12.8 Å². The predicted molar refractivity (Wildman–Crippen MR) is 86.2 cm³/mol. The van der Waals surface area contributed by atoms with Crippen LogP contribution in [0.5, 0.6) is 0 Å². The molecule has 1 aliphatic rings. The van der Waals surface area contributed by atoms with Crippen LogP contribution in [0, 0.1) is 11.7 Å². The highest BCUT2D eigenvalue weighted by atomic mass is 19.1. The number of rotatable bonds is 8. The molecule has 0 unspecified atom stereocenters. The van der Waals surface area contributed by atoms with Crippen LogP contribution in [-0.2, 0) is 20.8 Å². The summed E-state index contributed by atoms with van der Waals surface area (Å²) < 4.78 is 13.3. The number of halogens is 1. The van der Waals surface area contributed by atoms with Gasteiger partial charge in [-0.2, -0.15) is 0 Å². The number of nitrogens with two attached hydrogens (primary N) is 1. The van der Waals surface area contributed by atoms with Gasteiger partial charge in [-0.15, -0.1) is 0 Å². The molecule has 2 atom stereocenters. The van der Waals surface area contributed by atoms with E-state index in [9.17, 15) is 18.8 Å². The zero-order valence-corrected chi connectivity index (χ0v) is 13.5. The first-order valence-corrected chi connectivity index (χ1v) is 7.96. The molecule has 0 saturated heterocycles. The Kier molecular flexibility index (Phi) is 5.89. The fraction of sp³-hybridized carbons (Fsp3) is 0.471. The molecule has 1 aromatic carbocycles. The maximum Gasteiger partial charge on any atom is 0.243 e. The van der Waals surface area contributed by atoms with E-state index in [1.807, 2.05) is 0 Å². The fourth-order valence-corrected chi connectivity index (χ4v) is 2.56. The van der Waals surface area contributed by atoms with Gasteiger partial charge in [0.05, 0.1) is 0 Å². The second-order valence-electron chi connectivity index (χ2n) is 6.23. The van der Waals surface area contributed by atoms with Crippen LogP contribution in [0.15, 0.2) is 24.3 Å². The van der Waals surface area contributed by atoms with Gasteiger partial charge in [0.1, 0.15) is 17.9 Å². The first kappa shape index (κ1) is 17.9. The summed E-state index contributed by atoms with van der Waals surface area (Å²) in [7, 11) is 0. The van der Waals surface area contributed by atoms with Crippen LogP contribution in [0.1, 0.15) is 31.7 Å². The van der Waals surface area contributed by atoms with Gasteiger partial charge in [-0.05, 0) is 30.0 Å². The molecule has 2 rings (SSSR count). The quantitative estimate of drug-likeness (QED) is 0.650. The molecule has 4 N–H and O–H groups in total. The molecule has 130 valence electrons. The third-order valence-corrected chi connectivity index (χ3v) is 3.95. The Labute approximate surface area is 140 Å². The normalized spacial score (nSPS) is 16.1. The van der Waals surface area contributed by atoms with E-state index in [1.165, 1.54) is 25.1 Å². The van der Waals surface area contributed by atoms with E-state index in [-0.39, 0.29) is 12.3 Å². The van der Waals surface area contributed by atoms with Crippen molar-refractivity contribution >= 4 is 17.7 Å². The van der Waals surface area contributed by atoms with Crippen molar-refractivity contribution in [3.05, 3.63) is 35.6 Å². The molecule has 0 radical (unpaired) electrons. The highest BCUT2D eigenvalue weighted by Crippen LogP contribution is 2.33. The average Bonchev–Trinajstić information content (AvgIpc) is 3.29. The number of nitrogens with one attached hydrogen (secondary N) is 2. The van der Waals surface area contributed by atoms with Crippen molar-refractivity contribution in [2.75, 3.05) is 0 Å². The number of hydrogen-bond donors (Lipinski definition) is 3. The molecule has 1 fully saturated rings. The lowest BCUT2D eigenvalue weighted by Crippen LogP contribution is -2.53. The second-order valence-corrected chi connectivity index (χ2v) is 6.23. The van der Waals surface area contributed by atoms with Gasteiger partial charge in [0.15, 0.2) is 0 Å². The van der Waals surface area contributed by atoms with Crippen LogP contribution in [-0.4, -0.2) is 29.8 Å². The summed E-state index contributed by atoms with van der Waals surface area (Å²) in [6.45, 7) is 1.29. The minimum Gasteiger partial charge on any atom is -0.368 e. The topological polar surface area (TPSA) is 101 Å². The molecule has 0 heterocycles. The Hall–Kier alpha value is -2.44. The van der Waals surface area contributed by atoms with Crippen LogP contribution in [0.25, 0.3) is 0 Å². The summed E-state index contributed by atoms with van der Waals surface area (Å²) in [5.74, 6) is -1.49. The Balaban J connectivity index is 2.05. The third-order valence-electron chi connectivity index (χ3n) is 3.95. The van der Waals surface area contributed by atoms with E-state index >= 15 is 0 Å². The van der Waals surface area contributed by atoms with Crippen LogP contribution in [0.2, 0.25) is 0 Å². The highest BCUT2D eigenvalue weighted by molar-refractivity contribution is 5.91. The largest absolute Gasteiger partial charge is 0.368 e. The standard InChI is InChI=1S/C17H22FN3O3/c1-10(22)20-15(9-12-3-2-4-13(18)7-12)17(24)21-14(16(19)23)8-11-5-6-11/h2-4,7,11,14-15H,5-6,8-9H2,1H3,(H2,19,23)(H,20,22)(H,21,24)/t14-,15+/m1/s1. The van der Waals surface area contributed by atoms with Gasteiger partial charge in [0, 0.05) is 13.3 Å². The maximum absolute atomic E-state index is 13.3. The lowest BCUT2D eigenvalue weighted by molar-refractivity contribution is -0.131. The fourth-order valence-electron chi connectivity index (χ4n) is 2.56. The Bertz CT molecular complexity index is 631. The van der Waals surface area contributed by atoms with Gasteiger partial charge in [0.2, 0.25) is 17.7 Å². The van der Waals surface area contributed by atoms with Gasteiger partial charge in [-0.25, -0.2) is 4.39 Å². The monoisotopic (exact) mass is 335 g/mol. The molecular formula is C17H22FN3O3. The molecule has 0 bridgehead atoms. The number of amides is 3. The van der Waals surface area contributed by atoms with Crippen LogP contribution in [0.3, 0.4) is 0 Å². The highest BCUT2D eigenvalue weighted by Gasteiger charge is 2.31. The van der Waals surface area contributed by atoms with Crippen molar-refractivity contribution < 1.29 is 18.8 Å². The van der Waals surface area contributed by atoms with Gasteiger partial charge >= 0.3 is 0 Å². The zero-order valence-electron chi connectivity index (χ0n) is 13.5. The Morgan fingerprint density at radius 2 is 1.96 bits per heavy atom. The summed E-state index contributed by atoms with van der Waals surface area (Å²) in [4.78, 5) is 35.3. The van der Waals surface area contributed by atoms with Gasteiger partial charge in [-0.1, -0.05) is 25.0 Å². The lowest BCUT2D eigenvalue weighted by Gasteiger charge is -2.21. The first-order valence-electron chi connectivity index (χ1n) is 7.96. The summed E-state index contributed by atoms with van der Waals surface area (Å²) in [5, 5.41) is 5.14. The number of benzene rings is 1. The molecule has 0 aliphatic heterocycles. The molecular weight excluding hydrogens is 313 g/mol.